The molecule has 2 N–H and O–H groups in total. The monoisotopic (exact) mass is 471 g/mol. The van der Waals surface area contributed by atoms with Crippen molar-refractivity contribution in [2.24, 2.45) is 0 Å². The molecule has 0 radical (unpaired) electrons. The summed E-state index contributed by atoms with van der Waals surface area (Å²) in [5, 5.41) is 16.2. The lowest BCUT2D eigenvalue weighted by atomic mass is 10.1. The van der Waals surface area contributed by atoms with E-state index in [4.69, 9.17) is 4.74 Å². The Morgan fingerprint density at radius 1 is 1.00 bits per heavy atom. The molecule has 10 heteroatoms. The van der Waals surface area contributed by atoms with Gasteiger partial charge in [-0.2, -0.15) is 5.26 Å². The molecule has 2 aliphatic heterocycles. The predicted octanol–water partition coefficient (Wildman–Crippen LogP) is 2.89. The topological polar surface area (TPSA) is 115 Å². The Hall–Kier alpha value is -3.81. The van der Waals surface area contributed by atoms with Crippen LogP contribution >= 0.6 is 0 Å². The average molecular weight is 472 g/mol. The maximum absolute atomic E-state index is 9.66. The molecule has 2 aliphatic rings. The normalized spacial score (nSPS) is 16.1. The van der Waals surface area contributed by atoms with Crippen LogP contribution in [0.3, 0.4) is 0 Å². The highest BCUT2D eigenvalue weighted by atomic mass is 16.5. The Morgan fingerprint density at radius 3 is 2.63 bits per heavy atom. The number of nitrogens with one attached hydrogen (secondary N) is 2. The second-order valence-corrected chi connectivity index (χ2v) is 8.60. The maximum atomic E-state index is 9.66. The molecule has 5 heterocycles. The lowest BCUT2D eigenvalue weighted by Gasteiger charge is -2.26. The summed E-state index contributed by atoms with van der Waals surface area (Å²) >= 11 is 0. The minimum Gasteiger partial charge on any atom is -0.379 e. The lowest BCUT2D eigenvalue weighted by molar-refractivity contribution is 0.0398. The molecule has 35 heavy (non-hydrogen) atoms. The highest BCUT2D eigenvalue weighted by Crippen LogP contribution is 2.26. The van der Waals surface area contributed by atoms with Gasteiger partial charge in [-0.25, -0.2) is 19.9 Å². The number of nitriles is 1. The van der Waals surface area contributed by atoms with E-state index < -0.39 is 0 Å². The number of hydrogen-bond donors (Lipinski definition) is 2. The van der Waals surface area contributed by atoms with E-state index in [-0.39, 0.29) is 0 Å². The van der Waals surface area contributed by atoms with Crippen LogP contribution in [0.25, 0.3) is 11.3 Å². The van der Waals surface area contributed by atoms with Gasteiger partial charge in [0.05, 0.1) is 36.4 Å². The zero-order chi connectivity index (χ0) is 23.9. The number of anilines is 4. The molecule has 5 rings (SSSR count). The molecule has 0 saturated carbocycles. The molecule has 0 atom stereocenters. The number of nitrogens with zero attached hydrogens (tertiary/aromatic N) is 7. The fourth-order valence-electron chi connectivity index (χ4n) is 4.31. The summed E-state index contributed by atoms with van der Waals surface area (Å²) in [4.78, 5) is 22.6. The predicted molar refractivity (Wildman–Crippen MR) is 135 cm³/mol. The molecule has 180 valence electrons. The second kappa shape index (κ2) is 11.1. The molecule has 0 unspecified atom stereocenters. The van der Waals surface area contributed by atoms with E-state index >= 15 is 0 Å². The van der Waals surface area contributed by atoms with Gasteiger partial charge >= 0.3 is 0 Å². The highest BCUT2D eigenvalue weighted by molar-refractivity contribution is 5.67. The van der Waals surface area contributed by atoms with Crippen molar-refractivity contribution in [1.82, 2.24) is 24.8 Å². The van der Waals surface area contributed by atoms with Gasteiger partial charge in [0.1, 0.15) is 17.7 Å². The number of morpholine rings is 1. The molecule has 0 bridgehead atoms. The number of hydrogen-bond acceptors (Lipinski definition) is 10. The lowest BCUT2D eigenvalue weighted by Crippen LogP contribution is -2.39. The van der Waals surface area contributed by atoms with Gasteiger partial charge in [0.25, 0.3) is 0 Å². The van der Waals surface area contributed by atoms with E-state index in [1.54, 1.807) is 18.6 Å². The average Bonchev–Trinajstić information content (AvgIpc) is 3.45. The van der Waals surface area contributed by atoms with Gasteiger partial charge in [-0.1, -0.05) is 0 Å². The highest BCUT2D eigenvalue weighted by Gasteiger charge is 2.18. The van der Waals surface area contributed by atoms with Crippen LogP contribution in [0.5, 0.6) is 0 Å². The third kappa shape index (κ3) is 5.82. The van der Waals surface area contributed by atoms with E-state index in [0.717, 1.165) is 88.2 Å². The van der Waals surface area contributed by atoms with Gasteiger partial charge < -0.3 is 20.3 Å². The summed E-state index contributed by atoms with van der Waals surface area (Å²) in [6, 6.07) is 9.84. The largest absolute Gasteiger partial charge is 0.379 e. The number of ether oxygens (including phenoxy) is 1. The number of aromatic nitrogens is 4. The first-order chi connectivity index (χ1) is 17.3. The van der Waals surface area contributed by atoms with E-state index in [1.165, 1.54) is 0 Å². The van der Waals surface area contributed by atoms with Crippen LogP contribution in [0.15, 0.2) is 42.9 Å². The van der Waals surface area contributed by atoms with Gasteiger partial charge in [-0.3, -0.25) is 4.90 Å². The van der Waals surface area contributed by atoms with Gasteiger partial charge in [0.15, 0.2) is 0 Å². The molecule has 0 aliphatic carbocycles. The van der Waals surface area contributed by atoms with Gasteiger partial charge in [-0.15, -0.1) is 0 Å². The first kappa shape index (κ1) is 23.0. The van der Waals surface area contributed by atoms with Crippen LogP contribution in [0.2, 0.25) is 0 Å². The third-order valence-electron chi connectivity index (χ3n) is 6.20. The van der Waals surface area contributed by atoms with Crippen molar-refractivity contribution in [1.29, 1.82) is 5.26 Å². The number of pyridine rings is 2. The smallest absolute Gasteiger partial charge is 0.227 e. The van der Waals surface area contributed by atoms with Crippen molar-refractivity contribution in [3.8, 4) is 17.3 Å². The van der Waals surface area contributed by atoms with Crippen molar-refractivity contribution < 1.29 is 4.74 Å². The molecular weight excluding hydrogens is 442 g/mol. The third-order valence-corrected chi connectivity index (χ3v) is 6.20. The first-order valence-corrected chi connectivity index (χ1v) is 12.0. The fourth-order valence-corrected chi connectivity index (χ4v) is 4.31. The van der Waals surface area contributed by atoms with Crippen LogP contribution in [-0.2, 0) is 4.74 Å². The van der Waals surface area contributed by atoms with E-state index in [0.29, 0.717) is 17.2 Å². The van der Waals surface area contributed by atoms with E-state index in [9.17, 15) is 5.26 Å². The zero-order valence-electron chi connectivity index (χ0n) is 19.7. The summed E-state index contributed by atoms with van der Waals surface area (Å²) in [5.41, 5.74) is 2.85. The Balaban J connectivity index is 1.21. The summed E-state index contributed by atoms with van der Waals surface area (Å²) < 4.78 is 5.38. The molecule has 10 nitrogen and oxygen atoms in total. The van der Waals surface area contributed by atoms with Crippen LogP contribution in [-0.4, -0.2) is 77.3 Å². The molecule has 0 amide bonds. The summed E-state index contributed by atoms with van der Waals surface area (Å²) in [6.45, 7) is 7.26. The van der Waals surface area contributed by atoms with Crippen LogP contribution in [0.1, 0.15) is 18.4 Å². The van der Waals surface area contributed by atoms with Crippen molar-refractivity contribution in [2.75, 3.05) is 68.0 Å². The van der Waals surface area contributed by atoms with E-state index in [2.05, 4.69) is 46.4 Å². The Morgan fingerprint density at radius 2 is 1.86 bits per heavy atom. The van der Waals surface area contributed by atoms with Gasteiger partial charge in [0.2, 0.25) is 5.95 Å². The maximum Gasteiger partial charge on any atom is 0.227 e. The van der Waals surface area contributed by atoms with Crippen LogP contribution < -0.4 is 15.5 Å². The minimum absolute atomic E-state index is 0.458. The summed E-state index contributed by atoms with van der Waals surface area (Å²) in [7, 11) is 0. The van der Waals surface area contributed by atoms with Gasteiger partial charge in [0, 0.05) is 57.2 Å². The fraction of sp³-hybridized carbons (Fsp3) is 0.400. The summed E-state index contributed by atoms with van der Waals surface area (Å²) in [6.07, 6.45) is 7.50. The number of rotatable bonds is 8. The SMILES string of the molecule is N#Cc1cc(-c2ccnc(Nc3ccc(NCCN4CCOCC4)nc3)n2)cnc1N1CCCC1. The van der Waals surface area contributed by atoms with Gasteiger partial charge in [-0.05, 0) is 37.1 Å². The van der Waals surface area contributed by atoms with E-state index in [1.807, 2.05) is 24.3 Å². The molecule has 0 aromatic carbocycles. The quantitative estimate of drug-likeness (QED) is 0.508. The molecule has 3 aromatic rings. The van der Waals surface area contributed by atoms with Crippen molar-refractivity contribution >= 4 is 23.3 Å². The van der Waals surface area contributed by atoms with Crippen LogP contribution in [0, 0.1) is 11.3 Å². The van der Waals surface area contributed by atoms with Crippen molar-refractivity contribution in [3.63, 3.8) is 0 Å². The Labute approximate surface area is 205 Å². The molecule has 2 fully saturated rings. The molecular formula is C25H29N9O. The Bertz CT molecular complexity index is 1170. The Kier molecular flexibility index (Phi) is 7.27. The molecule has 3 aromatic heterocycles. The van der Waals surface area contributed by atoms with Crippen LogP contribution in [0.4, 0.5) is 23.3 Å². The zero-order valence-corrected chi connectivity index (χ0v) is 19.7. The minimum atomic E-state index is 0.458. The first-order valence-electron chi connectivity index (χ1n) is 12.0. The second-order valence-electron chi connectivity index (χ2n) is 8.60. The van der Waals surface area contributed by atoms with Crippen molar-refractivity contribution in [2.45, 2.75) is 12.8 Å². The standard InChI is InChI=1S/C25H29N9O/c26-16-19-15-20(17-30-24(19)34-8-1-2-9-34)22-5-6-28-25(32-22)31-21-3-4-23(29-18-21)27-7-10-33-11-13-35-14-12-33/h3-6,15,17-18H,1-2,7-14H2,(H,27,29)(H,28,31,32). The molecule has 2 saturated heterocycles. The van der Waals surface area contributed by atoms with Crippen molar-refractivity contribution in [3.05, 3.63) is 48.4 Å². The summed E-state index contributed by atoms with van der Waals surface area (Å²) in [5.74, 6) is 2.04. The molecule has 0 spiro atoms.